The van der Waals surface area contributed by atoms with Gasteiger partial charge in [-0.25, -0.2) is 21.9 Å². The molecule has 2 heterocycles. The van der Waals surface area contributed by atoms with Crippen molar-refractivity contribution in [3.05, 3.63) is 35.6 Å². The number of hydrogen-bond acceptors (Lipinski definition) is 5. The van der Waals surface area contributed by atoms with Crippen molar-refractivity contribution < 1.29 is 22.3 Å². The van der Waals surface area contributed by atoms with E-state index < -0.39 is 38.3 Å². The Balaban J connectivity index is 2.09. The number of rotatable bonds is 1. The van der Waals surface area contributed by atoms with Crippen molar-refractivity contribution in [3.8, 4) is 0 Å². The van der Waals surface area contributed by atoms with Crippen molar-refractivity contribution >= 4 is 22.1 Å². The minimum absolute atomic E-state index is 0.147. The summed E-state index contributed by atoms with van der Waals surface area (Å²) in [6, 6.07) is 5.98. The molecule has 27 heavy (non-hydrogen) atoms. The largest absolute Gasteiger partial charge is 0.442 e. The second-order valence-electron chi connectivity index (χ2n) is 7.62. The Kier molecular flexibility index (Phi) is 4.67. The Morgan fingerprint density at radius 1 is 1.37 bits per heavy atom. The first-order valence-corrected chi connectivity index (χ1v) is 10.0. The number of amides is 1. The molecule has 0 bridgehead atoms. The lowest BCUT2D eigenvalue weighted by atomic mass is 9.88. The van der Waals surface area contributed by atoms with Crippen LogP contribution < -0.4 is 10.6 Å². The van der Waals surface area contributed by atoms with Crippen LogP contribution in [0.3, 0.4) is 0 Å². The minimum atomic E-state index is -3.90. The monoisotopic (exact) mass is 398 g/mol. The summed E-state index contributed by atoms with van der Waals surface area (Å²) in [7, 11) is -2.60. The van der Waals surface area contributed by atoms with Gasteiger partial charge in [0.1, 0.15) is 22.2 Å². The summed E-state index contributed by atoms with van der Waals surface area (Å²) >= 11 is 0. The van der Waals surface area contributed by atoms with Crippen LogP contribution in [0.5, 0.6) is 0 Å². The van der Waals surface area contributed by atoms with E-state index in [4.69, 9.17) is 4.74 Å². The molecule has 0 radical (unpaired) electrons. The molecule has 0 aromatic heterocycles. The van der Waals surface area contributed by atoms with Gasteiger partial charge < -0.3 is 15.4 Å². The molecule has 2 atom stereocenters. The smallest absolute Gasteiger partial charge is 0.437 e. The van der Waals surface area contributed by atoms with E-state index in [1.54, 1.807) is 26.8 Å². The van der Waals surface area contributed by atoms with E-state index in [2.05, 4.69) is 15.6 Å². The molecule has 2 aliphatic heterocycles. The SMILES string of the molecule is CN1/C(=N/C(=O)OC(C)(C)C)NC2(c3ccccc3F)CNCC2S1(=O)=O. The van der Waals surface area contributed by atoms with Crippen LogP contribution in [0.25, 0.3) is 0 Å². The number of hydrogen-bond donors (Lipinski definition) is 2. The van der Waals surface area contributed by atoms with Crippen LogP contribution in [0.15, 0.2) is 29.3 Å². The minimum Gasteiger partial charge on any atom is -0.442 e. The molecule has 2 unspecified atom stereocenters. The van der Waals surface area contributed by atoms with Crippen LogP contribution in [0.2, 0.25) is 0 Å². The van der Waals surface area contributed by atoms with E-state index in [-0.39, 0.29) is 24.6 Å². The van der Waals surface area contributed by atoms with E-state index in [1.165, 1.54) is 25.2 Å². The van der Waals surface area contributed by atoms with Gasteiger partial charge in [0.15, 0.2) is 0 Å². The fourth-order valence-electron chi connectivity index (χ4n) is 3.39. The number of ether oxygens (including phenoxy) is 1. The summed E-state index contributed by atoms with van der Waals surface area (Å²) < 4.78 is 46.7. The zero-order valence-corrected chi connectivity index (χ0v) is 16.4. The quantitative estimate of drug-likeness (QED) is 0.736. The maximum atomic E-state index is 14.6. The molecule has 2 N–H and O–H groups in total. The second kappa shape index (κ2) is 6.45. The lowest BCUT2D eigenvalue weighted by molar-refractivity contribution is 0.0601. The molecule has 1 aromatic carbocycles. The van der Waals surface area contributed by atoms with Crippen LogP contribution >= 0.6 is 0 Å². The highest BCUT2D eigenvalue weighted by Crippen LogP contribution is 2.38. The van der Waals surface area contributed by atoms with Crippen LogP contribution in [0, 0.1) is 5.82 Å². The Morgan fingerprint density at radius 3 is 2.67 bits per heavy atom. The third-order valence-corrected chi connectivity index (χ3v) is 6.83. The molecular formula is C17H23FN4O4S. The summed E-state index contributed by atoms with van der Waals surface area (Å²) in [5.74, 6) is -0.734. The van der Waals surface area contributed by atoms with Crippen LogP contribution in [0.4, 0.5) is 9.18 Å². The topological polar surface area (TPSA) is 100 Å². The predicted molar refractivity (Wildman–Crippen MR) is 98.2 cm³/mol. The fourth-order valence-corrected chi connectivity index (χ4v) is 5.21. The zero-order chi connectivity index (χ0) is 20.0. The van der Waals surface area contributed by atoms with Gasteiger partial charge in [-0.2, -0.15) is 0 Å². The number of carbonyl (C=O) groups excluding carboxylic acids is 1. The summed E-state index contributed by atoms with van der Waals surface area (Å²) in [6.45, 7) is 5.35. The molecule has 0 aliphatic carbocycles. The van der Waals surface area contributed by atoms with Gasteiger partial charge in [0.05, 0.1) is 0 Å². The van der Waals surface area contributed by atoms with Crippen molar-refractivity contribution in [2.45, 2.75) is 37.2 Å². The zero-order valence-electron chi connectivity index (χ0n) is 15.6. The summed E-state index contributed by atoms with van der Waals surface area (Å²) in [4.78, 5) is 15.9. The molecule has 2 fully saturated rings. The standard InChI is InChI=1S/C17H23FN4O4S/c1-16(2,3)26-15(23)20-14-21-17(11-7-5-6-8-12(11)18)10-19-9-13(17)27(24,25)22(14)4/h5-8,13,19H,9-10H2,1-4H3,(H,20,21,23). The van der Waals surface area contributed by atoms with Gasteiger partial charge in [-0.3, -0.25) is 0 Å². The average Bonchev–Trinajstić information content (AvgIpc) is 2.97. The van der Waals surface area contributed by atoms with E-state index in [0.29, 0.717) is 0 Å². The Morgan fingerprint density at radius 2 is 2.04 bits per heavy atom. The van der Waals surface area contributed by atoms with Crippen LogP contribution in [-0.2, 0) is 20.3 Å². The first-order chi connectivity index (χ1) is 12.5. The van der Waals surface area contributed by atoms with E-state index in [1.807, 2.05) is 0 Å². The van der Waals surface area contributed by atoms with Crippen molar-refractivity contribution in [1.82, 2.24) is 14.9 Å². The van der Waals surface area contributed by atoms with Crippen LogP contribution in [-0.4, -0.2) is 55.8 Å². The predicted octanol–water partition coefficient (Wildman–Crippen LogP) is 1.15. The number of benzene rings is 1. The lowest BCUT2D eigenvalue weighted by Gasteiger charge is -2.44. The number of guanidine groups is 1. The fraction of sp³-hybridized carbons (Fsp3) is 0.529. The van der Waals surface area contributed by atoms with E-state index >= 15 is 0 Å². The van der Waals surface area contributed by atoms with Gasteiger partial charge in [0.25, 0.3) is 0 Å². The van der Waals surface area contributed by atoms with Crippen molar-refractivity contribution in [3.63, 3.8) is 0 Å². The van der Waals surface area contributed by atoms with Crippen molar-refractivity contribution in [1.29, 1.82) is 0 Å². The number of nitrogens with zero attached hydrogens (tertiary/aromatic N) is 2. The van der Waals surface area contributed by atoms with Crippen LogP contribution in [0.1, 0.15) is 26.3 Å². The summed E-state index contributed by atoms with van der Waals surface area (Å²) in [5.41, 5.74) is -1.86. The van der Waals surface area contributed by atoms with Gasteiger partial charge in [-0.15, -0.1) is 4.99 Å². The molecule has 8 nitrogen and oxygen atoms in total. The third kappa shape index (κ3) is 3.39. The van der Waals surface area contributed by atoms with Gasteiger partial charge in [0, 0.05) is 25.7 Å². The highest BCUT2D eigenvalue weighted by molar-refractivity contribution is 7.90. The second-order valence-corrected chi connectivity index (χ2v) is 9.77. The highest BCUT2D eigenvalue weighted by Gasteiger charge is 2.58. The number of fused-ring (bicyclic) bond motifs is 1. The molecule has 0 saturated carbocycles. The molecule has 0 spiro atoms. The molecule has 1 aromatic rings. The lowest BCUT2D eigenvalue weighted by Crippen LogP contribution is -2.67. The number of aliphatic imine (C=N–C) groups is 1. The van der Waals surface area contributed by atoms with E-state index in [9.17, 15) is 17.6 Å². The van der Waals surface area contributed by atoms with Crippen molar-refractivity contribution in [2.24, 2.45) is 4.99 Å². The molecule has 3 rings (SSSR count). The summed E-state index contributed by atoms with van der Waals surface area (Å²) in [6.07, 6.45) is -0.930. The maximum Gasteiger partial charge on any atom is 0.437 e. The molecule has 10 heteroatoms. The van der Waals surface area contributed by atoms with Gasteiger partial charge >= 0.3 is 6.09 Å². The highest BCUT2D eigenvalue weighted by atomic mass is 32.2. The van der Waals surface area contributed by atoms with Gasteiger partial charge in [-0.05, 0) is 26.8 Å². The van der Waals surface area contributed by atoms with Gasteiger partial charge in [-0.1, -0.05) is 18.2 Å². The maximum absolute atomic E-state index is 14.6. The Labute approximate surface area is 157 Å². The summed E-state index contributed by atoms with van der Waals surface area (Å²) in [5, 5.41) is 5.06. The van der Waals surface area contributed by atoms with E-state index in [0.717, 1.165) is 4.31 Å². The average molecular weight is 398 g/mol. The molecule has 2 saturated heterocycles. The molecule has 1 amide bonds. The normalized spacial score (nSPS) is 28.6. The Hall–Kier alpha value is -2.20. The molecule has 2 aliphatic rings. The number of halogens is 1. The third-order valence-electron chi connectivity index (χ3n) is 4.60. The first kappa shape index (κ1) is 19.6. The number of nitrogens with one attached hydrogen (secondary N) is 2. The number of carbonyl (C=O) groups is 1. The number of sulfonamides is 1. The van der Waals surface area contributed by atoms with Gasteiger partial charge in [0.2, 0.25) is 16.0 Å². The van der Waals surface area contributed by atoms with Crippen molar-refractivity contribution in [2.75, 3.05) is 20.1 Å². The molecule has 148 valence electrons. The first-order valence-electron chi connectivity index (χ1n) is 8.51. The molecular weight excluding hydrogens is 375 g/mol. The Bertz CT molecular complexity index is 896.